The van der Waals surface area contributed by atoms with Crippen LogP contribution in [0.25, 0.3) is 11.0 Å². The second-order valence-electron chi connectivity index (χ2n) is 6.06. The molecule has 4 rings (SSSR count). The molecule has 0 fully saturated rings. The molecule has 0 aliphatic rings. The van der Waals surface area contributed by atoms with Gasteiger partial charge in [0.1, 0.15) is 12.1 Å². The number of amides is 1. The van der Waals surface area contributed by atoms with Gasteiger partial charge in [-0.3, -0.25) is 10.2 Å². The van der Waals surface area contributed by atoms with E-state index >= 15 is 0 Å². The minimum atomic E-state index is -1.08. The number of hydrogen-bond donors (Lipinski definition) is 1. The number of fused-ring (bicyclic) bond motifs is 1. The molecule has 4 aromatic rings. The molecule has 0 saturated carbocycles. The van der Waals surface area contributed by atoms with E-state index in [4.69, 9.17) is 4.74 Å². The zero-order valence-electron chi connectivity index (χ0n) is 14.5. The summed E-state index contributed by atoms with van der Waals surface area (Å²) in [6, 6.07) is 19.2. The molecule has 1 amide bonds. The van der Waals surface area contributed by atoms with Crippen LogP contribution in [0.2, 0.25) is 0 Å². The van der Waals surface area contributed by atoms with Gasteiger partial charge in [-0.25, -0.2) is 18.4 Å². The molecular formula is C21H15F2N3O2. The number of imidazole rings is 1. The smallest absolute Gasteiger partial charge is 0.284 e. The van der Waals surface area contributed by atoms with Crippen LogP contribution in [0, 0.1) is 11.6 Å². The maximum atomic E-state index is 13.5. The normalized spacial score (nSPS) is 11.9. The number of aromatic nitrogens is 2. The molecule has 140 valence electrons. The number of carbonyl (C=O) groups is 1. The highest BCUT2D eigenvalue weighted by Crippen LogP contribution is 2.24. The minimum Gasteiger partial charge on any atom is -0.476 e. The number of nitrogens with one attached hydrogen (secondary N) is 1. The van der Waals surface area contributed by atoms with E-state index in [9.17, 15) is 13.6 Å². The summed E-state index contributed by atoms with van der Waals surface area (Å²) in [4.78, 5) is 17.2. The molecule has 0 aliphatic carbocycles. The molecule has 0 bridgehead atoms. The maximum absolute atomic E-state index is 13.5. The largest absolute Gasteiger partial charge is 0.476 e. The van der Waals surface area contributed by atoms with E-state index in [1.54, 1.807) is 30.3 Å². The highest BCUT2D eigenvalue weighted by molar-refractivity contribution is 5.91. The summed E-state index contributed by atoms with van der Waals surface area (Å²) in [5.41, 5.74) is 4.74. The van der Waals surface area contributed by atoms with Gasteiger partial charge in [0.25, 0.3) is 5.91 Å². The lowest BCUT2D eigenvalue weighted by Gasteiger charge is -2.19. The van der Waals surface area contributed by atoms with Gasteiger partial charge < -0.3 is 4.74 Å². The van der Waals surface area contributed by atoms with E-state index < -0.39 is 23.6 Å². The second kappa shape index (κ2) is 7.48. The van der Waals surface area contributed by atoms with Crippen LogP contribution in [0.15, 0.2) is 79.1 Å². The van der Waals surface area contributed by atoms with Crippen LogP contribution in [0.5, 0.6) is 5.75 Å². The number of nitrogens with zero attached hydrogens (tertiary/aromatic N) is 2. The van der Waals surface area contributed by atoms with Crippen molar-refractivity contribution in [3.63, 3.8) is 0 Å². The first-order valence-corrected chi connectivity index (χ1v) is 8.51. The maximum Gasteiger partial charge on any atom is 0.284 e. The third kappa shape index (κ3) is 3.55. The van der Waals surface area contributed by atoms with E-state index in [0.29, 0.717) is 5.56 Å². The number of benzene rings is 3. The predicted molar refractivity (Wildman–Crippen MR) is 100 cm³/mol. The van der Waals surface area contributed by atoms with Crippen LogP contribution < -0.4 is 10.2 Å². The van der Waals surface area contributed by atoms with E-state index in [0.717, 1.165) is 23.2 Å². The molecule has 1 aromatic heterocycles. The number of hydrogen-bond acceptors (Lipinski definition) is 3. The first-order chi connectivity index (χ1) is 13.6. The lowest BCUT2D eigenvalue weighted by Crippen LogP contribution is -2.31. The second-order valence-corrected chi connectivity index (χ2v) is 6.06. The van der Waals surface area contributed by atoms with Crippen LogP contribution >= 0.6 is 0 Å². The van der Waals surface area contributed by atoms with Crippen molar-refractivity contribution in [2.75, 3.05) is 5.43 Å². The Hall–Kier alpha value is -3.74. The summed E-state index contributed by atoms with van der Waals surface area (Å²) in [6.45, 7) is 0. The van der Waals surface area contributed by atoms with Crippen LogP contribution in [0.1, 0.15) is 11.7 Å². The highest BCUT2D eigenvalue weighted by atomic mass is 19.2. The molecular weight excluding hydrogens is 364 g/mol. The van der Waals surface area contributed by atoms with Crippen LogP contribution in [-0.4, -0.2) is 15.6 Å². The van der Waals surface area contributed by atoms with Gasteiger partial charge in [0, 0.05) is 11.6 Å². The molecule has 0 aliphatic heterocycles. The van der Waals surface area contributed by atoms with Gasteiger partial charge >= 0.3 is 0 Å². The van der Waals surface area contributed by atoms with Gasteiger partial charge in [-0.1, -0.05) is 42.5 Å². The Morgan fingerprint density at radius 1 is 0.964 bits per heavy atom. The molecule has 0 saturated heterocycles. The molecule has 1 N–H and O–H groups in total. The van der Waals surface area contributed by atoms with Crippen molar-refractivity contribution in [2.24, 2.45) is 0 Å². The Labute approximate surface area is 159 Å². The number of halogens is 2. The third-order valence-corrected chi connectivity index (χ3v) is 4.17. The lowest BCUT2D eigenvalue weighted by molar-refractivity contribution is -0.124. The Morgan fingerprint density at radius 3 is 2.50 bits per heavy atom. The minimum absolute atomic E-state index is 0.0402. The van der Waals surface area contributed by atoms with Gasteiger partial charge in [-0.05, 0) is 24.3 Å². The Kier molecular flexibility index (Phi) is 4.72. The summed E-state index contributed by atoms with van der Waals surface area (Å²) in [7, 11) is 0. The van der Waals surface area contributed by atoms with Gasteiger partial charge in [0.05, 0.1) is 11.0 Å². The fourth-order valence-electron chi connectivity index (χ4n) is 2.81. The van der Waals surface area contributed by atoms with Crippen molar-refractivity contribution in [1.82, 2.24) is 9.66 Å². The van der Waals surface area contributed by atoms with Crippen molar-refractivity contribution in [3.05, 3.63) is 96.3 Å². The Morgan fingerprint density at radius 2 is 1.71 bits per heavy atom. The molecule has 1 unspecified atom stereocenters. The lowest BCUT2D eigenvalue weighted by atomic mass is 10.1. The Balaban J connectivity index is 1.64. The van der Waals surface area contributed by atoms with Crippen molar-refractivity contribution in [2.45, 2.75) is 6.10 Å². The molecule has 5 nitrogen and oxygen atoms in total. The predicted octanol–water partition coefficient (Wildman–Crippen LogP) is 4.20. The molecule has 0 spiro atoms. The molecule has 0 radical (unpaired) electrons. The molecule has 28 heavy (non-hydrogen) atoms. The average molecular weight is 379 g/mol. The third-order valence-electron chi connectivity index (χ3n) is 4.17. The SMILES string of the molecule is O=C(Nn1cnc2ccccc21)C(Oc1ccc(F)c(F)c1)c1ccccc1. The van der Waals surface area contributed by atoms with E-state index in [1.165, 1.54) is 17.1 Å². The molecule has 7 heteroatoms. The van der Waals surface area contributed by atoms with Gasteiger partial charge in [-0.2, -0.15) is 0 Å². The average Bonchev–Trinajstić information content (AvgIpc) is 3.12. The fourth-order valence-corrected chi connectivity index (χ4v) is 2.81. The van der Waals surface area contributed by atoms with Crippen LogP contribution in [-0.2, 0) is 4.79 Å². The highest BCUT2D eigenvalue weighted by Gasteiger charge is 2.24. The summed E-state index contributed by atoms with van der Waals surface area (Å²) in [6.07, 6.45) is 0.412. The molecule has 3 aromatic carbocycles. The van der Waals surface area contributed by atoms with Crippen molar-refractivity contribution in [3.8, 4) is 5.75 Å². The van der Waals surface area contributed by atoms with Crippen molar-refractivity contribution in [1.29, 1.82) is 0 Å². The summed E-state index contributed by atoms with van der Waals surface area (Å²) in [5, 5.41) is 0. The topological polar surface area (TPSA) is 56.2 Å². The van der Waals surface area contributed by atoms with Crippen LogP contribution in [0.4, 0.5) is 8.78 Å². The zero-order chi connectivity index (χ0) is 19.5. The quantitative estimate of drug-likeness (QED) is 0.565. The first kappa shape index (κ1) is 17.7. The summed E-state index contributed by atoms with van der Waals surface area (Å²) in [5.74, 6) is -2.49. The standard InChI is InChI=1S/C21H15F2N3O2/c22-16-11-10-15(12-17(16)23)28-20(14-6-2-1-3-7-14)21(27)25-26-13-24-18-8-4-5-9-19(18)26/h1-13,20H,(H,25,27). The van der Waals surface area contributed by atoms with Crippen LogP contribution in [0.3, 0.4) is 0 Å². The van der Waals surface area contributed by atoms with Gasteiger partial charge in [0.2, 0.25) is 6.10 Å². The zero-order valence-corrected chi connectivity index (χ0v) is 14.5. The number of carbonyl (C=O) groups excluding carboxylic acids is 1. The number of rotatable bonds is 5. The van der Waals surface area contributed by atoms with Gasteiger partial charge in [-0.15, -0.1) is 0 Å². The Bertz CT molecular complexity index is 1130. The molecule has 1 atom stereocenters. The summed E-state index contributed by atoms with van der Waals surface area (Å²) < 4.78 is 33.9. The van der Waals surface area contributed by atoms with E-state index in [1.807, 2.05) is 24.3 Å². The fraction of sp³-hybridized carbons (Fsp3) is 0.0476. The van der Waals surface area contributed by atoms with Crippen molar-refractivity contribution >= 4 is 16.9 Å². The number of para-hydroxylation sites is 2. The van der Waals surface area contributed by atoms with Crippen molar-refractivity contribution < 1.29 is 18.3 Å². The van der Waals surface area contributed by atoms with Gasteiger partial charge in [0.15, 0.2) is 11.6 Å². The number of ether oxygens (including phenoxy) is 1. The monoisotopic (exact) mass is 379 g/mol. The van der Waals surface area contributed by atoms with E-state index in [2.05, 4.69) is 10.4 Å². The summed E-state index contributed by atoms with van der Waals surface area (Å²) >= 11 is 0. The first-order valence-electron chi connectivity index (χ1n) is 8.51. The molecule has 1 heterocycles. The van der Waals surface area contributed by atoms with E-state index in [-0.39, 0.29) is 5.75 Å².